The monoisotopic (exact) mass is 409 g/mol. The first kappa shape index (κ1) is 18.5. The largest absolute Gasteiger partial charge is 0.339 e. The van der Waals surface area contributed by atoms with Crippen LogP contribution in [0.4, 0.5) is 0 Å². The number of sulfonamides is 1. The number of hydrogen-bond donors (Lipinski definition) is 1. The molecular formula is C22H23N3O3S. The Labute approximate surface area is 170 Å². The SMILES string of the molecule is CC1(C)[C@H](NS(=O)(=O)c2ccccc2)[C@@H]1c1nc(C2(c3ccccc3)CC2)no1. The third-order valence-electron chi connectivity index (χ3n) is 6.38. The van der Waals surface area contributed by atoms with E-state index in [1.54, 1.807) is 30.3 Å². The first-order valence-electron chi connectivity index (χ1n) is 9.82. The third kappa shape index (κ3) is 3.00. The topological polar surface area (TPSA) is 85.1 Å². The van der Waals surface area contributed by atoms with Crippen LogP contribution in [0.25, 0.3) is 0 Å². The van der Waals surface area contributed by atoms with Crippen LogP contribution in [0.3, 0.4) is 0 Å². The van der Waals surface area contributed by atoms with Crippen molar-refractivity contribution in [1.29, 1.82) is 0 Å². The summed E-state index contributed by atoms with van der Waals surface area (Å²) < 4.78 is 33.9. The van der Waals surface area contributed by atoms with Gasteiger partial charge in [-0.25, -0.2) is 13.1 Å². The molecule has 1 heterocycles. The van der Waals surface area contributed by atoms with Crippen molar-refractivity contribution in [3.63, 3.8) is 0 Å². The average Bonchev–Trinajstić information content (AvgIpc) is 3.56. The van der Waals surface area contributed by atoms with E-state index in [1.807, 2.05) is 32.0 Å². The highest BCUT2D eigenvalue weighted by atomic mass is 32.2. The molecule has 0 bridgehead atoms. The maximum atomic E-state index is 12.7. The molecule has 6 nitrogen and oxygen atoms in total. The summed E-state index contributed by atoms with van der Waals surface area (Å²) in [6.07, 6.45) is 1.99. The van der Waals surface area contributed by atoms with Gasteiger partial charge < -0.3 is 4.52 Å². The van der Waals surface area contributed by atoms with E-state index in [1.165, 1.54) is 5.56 Å². The van der Waals surface area contributed by atoms with Crippen LogP contribution in [0.2, 0.25) is 0 Å². The van der Waals surface area contributed by atoms with Gasteiger partial charge in [0.2, 0.25) is 15.9 Å². The van der Waals surface area contributed by atoms with Crippen molar-refractivity contribution < 1.29 is 12.9 Å². The second-order valence-corrected chi connectivity index (χ2v) is 10.3. The Hall–Kier alpha value is -2.51. The summed E-state index contributed by atoms with van der Waals surface area (Å²) in [7, 11) is -3.60. The van der Waals surface area contributed by atoms with Crippen molar-refractivity contribution in [3.8, 4) is 0 Å². The molecule has 0 amide bonds. The Balaban J connectivity index is 1.39. The minimum atomic E-state index is -3.60. The number of benzene rings is 2. The summed E-state index contributed by atoms with van der Waals surface area (Å²) in [6.45, 7) is 4.04. The van der Waals surface area contributed by atoms with Crippen LogP contribution >= 0.6 is 0 Å². The van der Waals surface area contributed by atoms with Crippen molar-refractivity contribution in [1.82, 2.24) is 14.9 Å². The molecule has 1 aromatic heterocycles. The highest BCUT2D eigenvalue weighted by Crippen LogP contribution is 2.59. The van der Waals surface area contributed by atoms with E-state index in [2.05, 4.69) is 22.0 Å². The minimum absolute atomic E-state index is 0.145. The van der Waals surface area contributed by atoms with Gasteiger partial charge in [0.25, 0.3) is 0 Å². The van der Waals surface area contributed by atoms with Gasteiger partial charge in [0, 0.05) is 6.04 Å². The van der Waals surface area contributed by atoms with Crippen LogP contribution in [-0.4, -0.2) is 24.6 Å². The van der Waals surface area contributed by atoms with Gasteiger partial charge in [0.1, 0.15) is 0 Å². The predicted octanol–water partition coefficient (Wildman–Crippen LogP) is 3.62. The lowest BCUT2D eigenvalue weighted by atomic mass is 9.95. The normalized spacial score (nSPS) is 24.2. The number of rotatable bonds is 6. The first-order chi connectivity index (χ1) is 13.8. The van der Waals surface area contributed by atoms with E-state index in [0.29, 0.717) is 11.7 Å². The summed E-state index contributed by atoms with van der Waals surface area (Å²) in [6, 6.07) is 18.4. The molecule has 2 aliphatic carbocycles. The summed E-state index contributed by atoms with van der Waals surface area (Å²) in [5.74, 6) is 1.06. The molecule has 2 saturated carbocycles. The summed E-state index contributed by atoms with van der Waals surface area (Å²) >= 11 is 0. The molecule has 2 aliphatic rings. The molecule has 0 radical (unpaired) electrons. The second-order valence-electron chi connectivity index (χ2n) is 8.62. The van der Waals surface area contributed by atoms with Crippen LogP contribution in [0.1, 0.15) is 49.9 Å². The van der Waals surface area contributed by atoms with Crippen molar-refractivity contribution in [2.24, 2.45) is 5.41 Å². The molecular weight excluding hydrogens is 386 g/mol. The lowest BCUT2D eigenvalue weighted by molar-refractivity contribution is 0.360. The van der Waals surface area contributed by atoms with Crippen LogP contribution in [0.5, 0.6) is 0 Å². The smallest absolute Gasteiger partial charge is 0.240 e. The van der Waals surface area contributed by atoms with Crippen LogP contribution < -0.4 is 4.72 Å². The molecule has 0 aliphatic heterocycles. The van der Waals surface area contributed by atoms with Crippen molar-refractivity contribution >= 4 is 10.0 Å². The third-order valence-corrected chi connectivity index (χ3v) is 7.83. The second kappa shape index (κ2) is 6.24. The zero-order valence-electron chi connectivity index (χ0n) is 16.4. The van der Waals surface area contributed by atoms with E-state index >= 15 is 0 Å². The average molecular weight is 410 g/mol. The Kier molecular flexibility index (Phi) is 3.98. The standard InChI is InChI=1S/C22H23N3O3S/c1-21(2)17(18(21)25-29(26,27)16-11-7-4-8-12-16)19-23-20(24-28-19)22(13-14-22)15-9-5-3-6-10-15/h3-12,17-18,25H,13-14H2,1-2H3/t17-,18-/m1/s1. The van der Waals surface area contributed by atoms with Crippen LogP contribution in [0.15, 0.2) is 70.1 Å². The Morgan fingerprint density at radius 1 is 1.00 bits per heavy atom. The summed E-state index contributed by atoms with van der Waals surface area (Å²) in [5, 5.41) is 4.28. The van der Waals surface area contributed by atoms with Gasteiger partial charge in [-0.05, 0) is 36.0 Å². The Bertz CT molecular complexity index is 1140. The van der Waals surface area contributed by atoms with Gasteiger partial charge in [-0.15, -0.1) is 0 Å². The number of nitrogens with zero attached hydrogens (tertiary/aromatic N) is 2. The fourth-order valence-corrected chi connectivity index (χ4v) is 5.66. The van der Waals surface area contributed by atoms with E-state index < -0.39 is 10.0 Å². The zero-order chi connectivity index (χ0) is 20.3. The Morgan fingerprint density at radius 2 is 1.62 bits per heavy atom. The van der Waals surface area contributed by atoms with E-state index in [-0.39, 0.29) is 27.7 Å². The maximum absolute atomic E-state index is 12.7. The maximum Gasteiger partial charge on any atom is 0.240 e. The van der Waals surface area contributed by atoms with Crippen molar-refractivity contribution in [3.05, 3.63) is 77.9 Å². The quantitative estimate of drug-likeness (QED) is 0.672. The van der Waals surface area contributed by atoms with Crippen molar-refractivity contribution in [2.75, 3.05) is 0 Å². The fraction of sp³-hybridized carbons (Fsp3) is 0.364. The molecule has 2 fully saturated rings. The molecule has 3 aromatic rings. The number of aromatic nitrogens is 2. The predicted molar refractivity (Wildman–Crippen MR) is 108 cm³/mol. The number of hydrogen-bond acceptors (Lipinski definition) is 5. The first-order valence-corrected chi connectivity index (χ1v) is 11.3. The highest BCUT2D eigenvalue weighted by molar-refractivity contribution is 7.89. The molecule has 150 valence electrons. The van der Waals surface area contributed by atoms with Crippen LogP contribution in [0, 0.1) is 5.41 Å². The number of nitrogens with one attached hydrogen (secondary N) is 1. The van der Waals surface area contributed by atoms with Gasteiger partial charge >= 0.3 is 0 Å². The summed E-state index contributed by atoms with van der Waals surface area (Å²) in [4.78, 5) is 4.98. The summed E-state index contributed by atoms with van der Waals surface area (Å²) in [5.41, 5.74) is 0.736. The van der Waals surface area contributed by atoms with E-state index in [9.17, 15) is 8.42 Å². The zero-order valence-corrected chi connectivity index (χ0v) is 17.2. The van der Waals surface area contributed by atoms with Gasteiger partial charge in [-0.2, -0.15) is 4.98 Å². The van der Waals surface area contributed by atoms with Gasteiger partial charge in [0.15, 0.2) is 5.82 Å². The molecule has 7 heteroatoms. The molecule has 0 spiro atoms. The van der Waals surface area contributed by atoms with Crippen molar-refractivity contribution in [2.45, 2.75) is 49.0 Å². The molecule has 2 aromatic carbocycles. The lowest BCUT2D eigenvalue weighted by Crippen LogP contribution is -2.29. The molecule has 29 heavy (non-hydrogen) atoms. The van der Waals surface area contributed by atoms with Gasteiger partial charge in [-0.3, -0.25) is 0 Å². The molecule has 5 rings (SSSR count). The molecule has 1 N–H and O–H groups in total. The Morgan fingerprint density at radius 3 is 2.24 bits per heavy atom. The van der Waals surface area contributed by atoms with Gasteiger partial charge in [-0.1, -0.05) is 67.5 Å². The highest BCUT2D eigenvalue weighted by Gasteiger charge is 2.63. The molecule has 0 unspecified atom stereocenters. The molecule has 0 saturated heterocycles. The van der Waals surface area contributed by atoms with E-state index in [4.69, 9.17) is 9.51 Å². The van der Waals surface area contributed by atoms with Crippen LogP contribution in [-0.2, 0) is 15.4 Å². The molecule has 2 atom stereocenters. The lowest BCUT2D eigenvalue weighted by Gasteiger charge is -2.10. The van der Waals surface area contributed by atoms with E-state index in [0.717, 1.165) is 12.8 Å². The minimum Gasteiger partial charge on any atom is -0.339 e. The van der Waals surface area contributed by atoms with Gasteiger partial charge in [0.05, 0.1) is 16.2 Å². The fourth-order valence-electron chi connectivity index (χ4n) is 4.23.